The number of carbonyl (C=O) groups excluding carboxylic acids is 1. The van der Waals surface area contributed by atoms with Gasteiger partial charge in [-0.2, -0.15) is 0 Å². The highest BCUT2D eigenvalue weighted by molar-refractivity contribution is 7.91. The van der Waals surface area contributed by atoms with Crippen molar-refractivity contribution in [2.45, 2.75) is 37.0 Å². The zero-order chi connectivity index (χ0) is 16.9. The van der Waals surface area contributed by atoms with Crippen LogP contribution in [0, 0.1) is 0 Å². The van der Waals surface area contributed by atoms with Crippen LogP contribution < -0.4 is 0 Å². The highest BCUT2D eigenvalue weighted by Gasteiger charge is 2.20. The summed E-state index contributed by atoms with van der Waals surface area (Å²) in [6.45, 7) is 1.16. The molecule has 2 rings (SSSR count). The van der Waals surface area contributed by atoms with E-state index in [1.807, 2.05) is 6.07 Å². The molecular formula is C17H25NO4S. The quantitative estimate of drug-likeness (QED) is 0.678. The van der Waals surface area contributed by atoms with Crippen LogP contribution in [0.25, 0.3) is 0 Å². The van der Waals surface area contributed by atoms with Gasteiger partial charge < -0.3 is 9.64 Å². The van der Waals surface area contributed by atoms with Crippen molar-refractivity contribution >= 4 is 15.7 Å². The van der Waals surface area contributed by atoms with E-state index in [4.69, 9.17) is 4.74 Å². The van der Waals surface area contributed by atoms with Crippen LogP contribution >= 0.6 is 0 Å². The van der Waals surface area contributed by atoms with Gasteiger partial charge in [-0.15, -0.1) is 0 Å². The van der Waals surface area contributed by atoms with E-state index in [0.29, 0.717) is 18.0 Å². The maximum absolute atomic E-state index is 12.4. The lowest BCUT2D eigenvalue weighted by atomic mass is 10.1. The molecule has 23 heavy (non-hydrogen) atoms. The van der Waals surface area contributed by atoms with E-state index < -0.39 is 9.84 Å². The third-order valence-electron chi connectivity index (χ3n) is 4.28. The topological polar surface area (TPSA) is 63.7 Å². The molecule has 0 saturated carbocycles. The monoisotopic (exact) mass is 339 g/mol. The molecule has 0 spiro atoms. The van der Waals surface area contributed by atoms with Gasteiger partial charge in [0.1, 0.15) is 0 Å². The van der Waals surface area contributed by atoms with E-state index >= 15 is 0 Å². The predicted octanol–water partition coefficient (Wildman–Crippen LogP) is 1.83. The lowest BCUT2D eigenvalue weighted by Gasteiger charge is -2.17. The molecule has 0 atom stereocenters. The molecule has 5 nitrogen and oxygen atoms in total. The van der Waals surface area contributed by atoms with Crippen molar-refractivity contribution in [3.8, 4) is 0 Å². The summed E-state index contributed by atoms with van der Waals surface area (Å²) in [4.78, 5) is 13.9. The Labute approximate surface area is 138 Å². The Hall–Kier alpha value is -1.40. The maximum atomic E-state index is 12.4. The molecule has 0 fully saturated rings. The molecule has 1 aliphatic carbocycles. The Morgan fingerprint density at radius 3 is 2.74 bits per heavy atom. The Balaban J connectivity index is 1.92. The van der Waals surface area contributed by atoms with Crippen LogP contribution in [-0.4, -0.2) is 52.3 Å². The van der Waals surface area contributed by atoms with Gasteiger partial charge in [-0.3, -0.25) is 4.79 Å². The zero-order valence-electron chi connectivity index (χ0n) is 13.9. The number of hydrogen-bond donors (Lipinski definition) is 0. The standard InChI is InChI=1S/C17H25NO4S/c1-18(10-4-11-22-2)17(19)9-12-23(20,21)16-8-7-14-5-3-6-15(14)13-16/h7-8,13H,3-6,9-12H2,1-2H3. The van der Waals surface area contributed by atoms with Gasteiger partial charge in [0.15, 0.2) is 9.84 Å². The normalized spacial score (nSPS) is 13.8. The molecule has 0 aromatic heterocycles. The van der Waals surface area contributed by atoms with Gasteiger partial charge in [-0.1, -0.05) is 6.07 Å². The third kappa shape index (κ3) is 4.78. The van der Waals surface area contributed by atoms with Crippen LogP contribution in [-0.2, 0) is 32.2 Å². The number of fused-ring (bicyclic) bond motifs is 1. The van der Waals surface area contributed by atoms with Crippen molar-refractivity contribution < 1.29 is 17.9 Å². The molecule has 0 heterocycles. The zero-order valence-corrected chi connectivity index (χ0v) is 14.7. The van der Waals surface area contributed by atoms with Gasteiger partial charge in [0.2, 0.25) is 5.91 Å². The van der Waals surface area contributed by atoms with Gasteiger partial charge >= 0.3 is 0 Å². The fraction of sp³-hybridized carbons (Fsp3) is 0.588. The van der Waals surface area contributed by atoms with E-state index in [1.165, 1.54) is 5.56 Å². The maximum Gasteiger partial charge on any atom is 0.223 e. The first-order valence-electron chi connectivity index (χ1n) is 8.01. The van der Waals surface area contributed by atoms with Crippen molar-refractivity contribution in [3.05, 3.63) is 29.3 Å². The van der Waals surface area contributed by atoms with Crippen molar-refractivity contribution in [2.75, 3.05) is 33.1 Å². The number of methoxy groups -OCH3 is 1. The SMILES string of the molecule is COCCCN(C)C(=O)CCS(=O)(=O)c1ccc2c(c1)CCC2. The van der Waals surface area contributed by atoms with Crippen LogP contribution in [0.15, 0.2) is 23.1 Å². The van der Waals surface area contributed by atoms with E-state index in [9.17, 15) is 13.2 Å². The first-order chi connectivity index (χ1) is 10.9. The predicted molar refractivity (Wildman–Crippen MR) is 89.3 cm³/mol. The minimum absolute atomic E-state index is 0.0168. The fourth-order valence-corrected chi connectivity index (χ4v) is 4.12. The van der Waals surface area contributed by atoms with E-state index in [0.717, 1.165) is 31.2 Å². The molecule has 0 N–H and O–H groups in total. The molecule has 0 aliphatic heterocycles. The summed E-state index contributed by atoms with van der Waals surface area (Å²) in [6.07, 6.45) is 3.82. The lowest BCUT2D eigenvalue weighted by Crippen LogP contribution is -2.29. The molecule has 0 saturated heterocycles. The average molecular weight is 339 g/mol. The molecule has 128 valence electrons. The van der Waals surface area contributed by atoms with Gasteiger partial charge in [-0.05, 0) is 48.9 Å². The highest BCUT2D eigenvalue weighted by atomic mass is 32.2. The Bertz CT molecular complexity index is 655. The number of nitrogens with zero attached hydrogens (tertiary/aromatic N) is 1. The molecule has 1 amide bonds. The number of aryl methyl sites for hydroxylation is 2. The van der Waals surface area contributed by atoms with Crippen molar-refractivity contribution in [1.29, 1.82) is 0 Å². The summed E-state index contributed by atoms with van der Waals surface area (Å²) < 4.78 is 29.8. The fourth-order valence-electron chi connectivity index (χ4n) is 2.84. The second-order valence-corrected chi connectivity index (χ2v) is 8.12. The molecule has 1 aliphatic rings. The van der Waals surface area contributed by atoms with Crippen LogP contribution in [0.1, 0.15) is 30.4 Å². The molecule has 1 aromatic carbocycles. The minimum Gasteiger partial charge on any atom is -0.385 e. The second-order valence-electron chi connectivity index (χ2n) is 6.01. The summed E-state index contributed by atoms with van der Waals surface area (Å²) in [5.74, 6) is -0.287. The first kappa shape index (κ1) is 17.9. The number of rotatable bonds is 8. The van der Waals surface area contributed by atoms with Crippen LogP contribution in [0.5, 0.6) is 0 Å². The highest BCUT2D eigenvalue weighted by Crippen LogP contribution is 2.25. The van der Waals surface area contributed by atoms with E-state index in [2.05, 4.69) is 0 Å². The largest absolute Gasteiger partial charge is 0.385 e. The summed E-state index contributed by atoms with van der Waals surface area (Å²) in [5, 5.41) is 0. The number of benzene rings is 1. The Morgan fingerprint density at radius 1 is 1.26 bits per heavy atom. The number of carbonyl (C=O) groups is 1. The molecule has 6 heteroatoms. The van der Waals surface area contributed by atoms with E-state index in [1.54, 1.807) is 31.2 Å². The summed E-state index contributed by atoms with van der Waals surface area (Å²) in [5.41, 5.74) is 2.38. The smallest absolute Gasteiger partial charge is 0.223 e. The number of amides is 1. The molecule has 1 aromatic rings. The number of ether oxygens (including phenoxy) is 1. The van der Waals surface area contributed by atoms with Crippen molar-refractivity contribution in [1.82, 2.24) is 4.90 Å². The average Bonchev–Trinajstić information content (AvgIpc) is 3.00. The summed E-state index contributed by atoms with van der Waals surface area (Å²) >= 11 is 0. The number of hydrogen-bond acceptors (Lipinski definition) is 4. The third-order valence-corrected chi connectivity index (χ3v) is 6.00. The lowest BCUT2D eigenvalue weighted by molar-refractivity contribution is -0.129. The minimum atomic E-state index is -3.41. The molecule has 0 bridgehead atoms. The van der Waals surface area contributed by atoms with Crippen molar-refractivity contribution in [2.24, 2.45) is 0 Å². The second kappa shape index (κ2) is 7.93. The summed E-state index contributed by atoms with van der Waals surface area (Å²) in [7, 11) is -0.0973. The molecular weight excluding hydrogens is 314 g/mol. The molecule has 0 unspecified atom stereocenters. The molecule has 0 radical (unpaired) electrons. The van der Waals surface area contributed by atoms with Crippen LogP contribution in [0.4, 0.5) is 0 Å². The van der Waals surface area contributed by atoms with Crippen molar-refractivity contribution in [3.63, 3.8) is 0 Å². The van der Waals surface area contributed by atoms with Gasteiger partial charge in [0, 0.05) is 33.7 Å². The Morgan fingerprint density at radius 2 is 2.00 bits per heavy atom. The van der Waals surface area contributed by atoms with Gasteiger partial charge in [-0.25, -0.2) is 8.42 Å². The van der Waals surface area contributed by atoms with Crippen LogP contribution in [0.3, 0.4) is 0 Å². The van der Waals surface area contributed by atoms with Gasteiger partial charge in [0.25, 0.3) is 0 Å². The van der Waals surface area contributed by atoms with E-state index in [-0.39, 0.29) is 18.1 Å². The van der Waals surface area contributed by atoms with Crippen LogP contribution in [0.2, 0.25) is 0 Å². The number of sulfone groups is 1. The first-order valence-corrected chi connectivity index (χ1v) is 9.67. The van der Waals surface area contributed by atoms with Gasteiger partial charge in [0.05, 0.1) is 10.6 Å². The Kier molecular flexibility index (Phi) is 6.18. The summed E-state index contributed by atoms with van der Waals surface area (Å²) in [6, 6.07) is 5.37.